The monoisotopic (exact) mass is 191 g/mol. The molecule has 0 saturated carbocycles. The average molecular weight is 191 g/mol. The van der Waals surface area contributed by atoms with Crippen LogP contribution in [-0.2, 0) is 0 Å². The highest BCUT2D eigenvalue weighted by molar-refractivity contribution is 5.64. The van der Waals surface area contributed by atoms with Gasteiger partial charge in [-0.1, -0.05) is 35.6 Å². The second kappa shape index (κ2) is 3.77. The molecular formula is C9H13N5. The van der Waals surface area contributed by atoms with Crippen LogP contribution in [0.4, 0.5) is 0 Å². The summed E-state index contributed by atoms with van der Waals surface area (Å²) in [6.45, 7) is 0. The van der Waals surface area contributed by atoms with Crippen LogP contribution < -0.4 is 22.4 Å². The zero-order chi connectivity index (χ0) is 9.97. The Balaban J connectivity index is 2.26. The first-order valence-electron chi connectivity index (χ1n) is 4.36. The highest BCUT2D eigenvalue weighted by atomic mass is 15.9. The van der Waals surface area contributed by atoms with Crippen molar-refractivity contribution in [1.29, 1.82) is 0 Å². The first-order valence-corrected chi connectivity index (χ1v) is 4.36. The van der Waals surface area contributed by atoms with Gasteiger partial charge < -0.3 is 5.73 Å². The molecule has 1 atom stereocenters. The van der Waals surface area contributed by atoms with Gasteiger partial charge in [-0.3, -0.25) is 5.43 Å². The van der Waals surface area contributed by atoms with Gasteiger partial charge in [0.1, 0.15) is 0 Å². The van der Waals surface area contributed by atoms with Gasteiger partial charge in [0.2, 0.25) is 0 Å². The van der Waals surface area contributed by atoms with E-state index >= 15 is 0 Å². The van der Waals surface area contributed by atoms with E-state index in [0.29, 0.717) is 0 Å². The molecule has 0 aromatic heterocycles. The summed E-state index contributed by atoms with van der Waals surface area (Å²) in [5, 5.41) is 1.26. The summed E-state index contributed by atoms with van der Waals surface area (Å²) >= 11 is 0. The normalized spacial score (nSPS) is 22.7. The molecule has 1 aromatic rings. The molecule has 0 aliphatic carbocycles. The van der Waals surface area contributed by atoms with Crippen molar-refractivity contribution in [3.05, 3.63) is 42.0 Å². The fourth-order valence-corrected chi connectivity index (χ4v) is 1.36. The lowest BCUT2D eigenvalue weighted by Gasteiger charge is -2.29. The molecule has 0 bridgehead atoms. The van der Waals surface area contributed by atoms with Crippen LogP contribution in [0.2, 0.25) is 0 Å². The van der Waals surface area contributed by atoms with E-state index in [1.54, 1.807) is 0 Å². The van der Waals surface area contributed by atoms with Crippen LogP contribution in [0.25, 0.3) is 5.70 Å². The van der Waals surface area contributed by atoms with Gasteiger partial charge in [0.25, 0.3) is 0 Å². The smallest absolute Gasteiger partial charge is 0.0925 e. The summed E-state index contributed by atoms with van der Waals surface area (Å²) in [6, 6.07) is 9.87. The number of rotatable bonds is 1. The van der Waals surface area contributed by atoms with Crippen molar-refractivity contribution < 1.29 is 0 Å². The Bertz CT molecular complexity index is 334. The molecular weight excluding hydrogens is 178 g/mol. The molecule has 6 N–H and O–H groups in total. The highest BCUT2D eigenvalue weighted by Gasteiger charge is 2.13. The summed E-state index contributed by atoms with van der Waals surface area (Å²) in [5.74, 6) is 5.54. The highest BCUT2D eigenvalue weighted by Crippen LogP contribution is 2.12. The van der Waals surface area contributed by atoms with Gasteiger partial charge in [-0.05, 0) is 11.6 Å². The molecule has 5 heteroatoms. The van der Waals surface area contributed by atoms with Crippen molar-refractivity contribution in [3.63, 3.8) is 0 Å². The van der Waals surface area contributed by atoms with E-state index < -0.39 is 0 Å². The fourth-order valence-electron chi connectivity index (χ4n) is 1.36. The predicted molar refractivity (Wildman–Crippen MR) is 54.7 cm³/mol. The minimum Gasteiger partial charge on any atom is -0.311 e. The van der Waals surface area contributed by atoms with Crippen molar-refractivity contribution in [2.75, 3.05) is 0 Å². The molecule has 5 nitrogen and oxygen atoms in total. The van der Waals surface area contributed by atoms with Gasteiger partial charge in [0, 0.05) is 0 Å². The maximum Gasteiger partial charge on any atom is 0.0925 e. The first kappa shape index (κ1) is 9.17. The van der Waals surface area contributed by atoms with Crippen molar-refractivity contribution in [2.45, 2.75) is 6.17 Å². The van der Waals surface area contributed by atoms with Crippen molar-refractivity contribution in [2.24, 2.45) is 11.6 Å². The summed E-state index contributed by atoms with van der Waals surface area (Å²) in [4.78, 5) is 0. The van der Waals surface area contributed by atoms with Crippen LogP contribution in [0.1, 0.15) is 5.56 Å². The summed E-state index contributed by atoms with van der Waals surface area (Å²) in [7, 11) is 0. The number of nitrogens with zero attached hydrogens (tertiary/aromatic N) is 1. The zero-order valence-electron chi connectivity index (χ0n) is 7.64. The number of hydrazine groups is 3. The third-order valence-electron chi connectivity index (χ3n) is 1.96. The lowest BCUT2D eigenvalue weighted by atomic mass is 10.1. The molecule has 74 valence electrons. The Kier molecular flexibility index (Phi) is 2.47. The molecule has 1 unspecified atom stereocenters. The largest absolute Gasteiger partial charge is 0.311 e. The standard InChI is InChI=1S/C9H13N5/c10-9-6-8(12-14(11)13-9)7-4-2-1-3-5-7/h1-6,9,12-13H,10-11H2. The van der Waals surface area contributed by atoms with E-state index in [9.17, 15) is 0 Å². The van der Waals surface area contributed by atoms with Crippen LogP contribution >= 0.6 is 0 Å². The molecule has 0 fully saturated rings. The van der Waals surface area contributed by atoms with Crippen molar-refractivity contribution in [1.82, 2.24) is 16.1 Å². The number of benzene rings is 1. The summed E-state index contributed by atoms with van der Waals surface area (Å²) in [5.41, 5.74) is 13.4. The number of nitrogens with two attached hydrogens (primary N) is 2. The maximum absolute atomic E-state index is 5.70. The molecule has 1 aromatic carbocycles. The quantitative estimate of drug-likeness (QED) is 0.450. The van der Waals surface area contributed by atoms with E-state index in [0.717, 1.165) is 11.3 Å². The minimum atomic E-state index is -0.267. The van der Waals surface area contributed by atoms with E-state index in [-0.39, 0.29) is 6.17 Å². The SMILES string of the molecule is NC1C=C(c2ccccc2)NN(N)N1. The summed E-state index contributed by atoms with van der Waals surface area (Å²) in [6.07, 6.45) is 1.61. The maximum atomic E-state index is 5.70. The number of nitrogens with one attached hydrogen (secondary N) is 2. The third kappa shape index (κ3) is 1.91. The molecule has 1 aliphatic rings. The third-order valence-corrected chi connectivity index (χ3v) is 1.96. The molecule has 0 spiro atoms. The van der Waals surface area contributed by atoms with Crippen molar-refractivity contribution >= 4 is 5.70 Å². The topological polar surface area (TPSA) is 79.3 Å². The Morgan fingerprint density at radius 1 is 1.21 bits per heavy atom. The van der Waals surface area contributed by atoms with E-state index in [1.165, 1.54) is 5.23 Å². The molecule has 0 saturated heterocycles. The van der Waals surface area contributed by atoms with Crippen LogP contribution in [0.15, 0.2) is 36.4 Å². The lowest BCUT2D eigenvalue weighted by Crippen LogP contribution is -2.60. The van der Waals surface area contributed by atoms with Crippen LogP contribution in [0, 0.1) is 0 Å². The molecule has 1 aliphatic heterocycles. The minimum absolute atomic E-state index is 0.267. The van der Waals surface area contributed by atoms with Gasteiger partial charge in [-0.2, -0.15) is 0 Å². The first-order chi connectivity index (χ1) is 6.75. The van der Waals surface area contributed by atoms with Gasteiger partial charge in [0.15, 0.2) is 0 Å². The van der Waals surface area contributed by atoms with Crippen LogP contribution in [-0.4, -0.2) is 11.4 Å². The Morgan fingerprint density at radius 3 is 2.57 bits per heavy atom. The molecule has 14 heavy (non-hydrogen) atoms. The number of hydrogen-bond acceptors (Lipinski definition) is 5. The Morgan fingerprint density at radius 2 is 1.93 bits per heavy atom. The summed E-state index contributed by atoms with van der Waals surface area (Å²) < 4.78 is 0. The molecule has 0 radical (unpaired) electrons. The average Bonchev–Trinajstić information content (AvgIpc) is 2.18. The van der Waals surface area contributed by atoms with Gasteiger partial charge in [0.05, 0.1) is 11.9 Å². The predicted octanol–water partition coefficient (Wildman–Crippen LogP) is -0.489. The van der Waals surface area contributed by atoms with Crippen LogP contribution in [0.5, 0.6) is 0 Å². The Hall–Kier alpha value is -1.40. The van der Waals surface area contributed by atoms with E-state index in [2.05, 4.69) is 10.9 Å². The second-order valence-corrected chi connectivity index (χ2v) is 3.08. The molecule has 0 amide bonds. The number of hydrogen-bond donors (Lipinski definition) is 4. The fraction of sp³-hybridized carbons (Fsp3) is 0.111. The van der Waals surface area contributed by atoms with Gasteiger partial charge in [-0.15, -0.1) is 0 Å². The lowest BCUT2D eigenvalue weighted by molar-refractivity contribution is 0.123. The second-order valence-electron chi connectivity index (χ2n) is 3.08. The molecule has 1 heterocycles. The van der Waals surface area contributed by atoms with E-state index in [4.69, 9.17) is 11.6 Å². The van der Waals surface area contributed by atoms with Crippen molar-refractivity contribution in [3.8, 4) is 0 Å². The van der Waals surface area contributed by atoms with E-state index in [1.807, 2.05) is 36.4 Å². The Labute approximate surface area is 82.3 Å². The van der Waals surface area contributed by atoms with Gasteiger partial charge >= 0.3 is 0 Å². The zero-order valence-corrected chi connectivity index (χ0v) is 7.64. The van der Waals surface area contributed by atoms with Crippen LogP contribution in [0.3, 0.4) is 0 Å². The van der Waals surface area contributed by atoms with Gasteiger partial charge in [-0.25, -0.2) is 11.3 Å². The molecule has 2 rings (SSSR count).